The number of amides is 1. The van der Waals surface area contributed by atoms with Gasteiger partial charge in [0.05, 0.1) is 11.0 Å². The van der Waals surface area contributed by atoms with E-state index in [0.29, 0.717) is 6.54 Å². The van der Waals surface area contributed by atoms with Crippen molar-refractivity contribution in [3.63, 3.8) is 0 Å². The van der Waals surface area contributed by atoms with E-state index in [4.69, 9.17) is 0 Å². The van der Waals surface area contributed by atoms with Gasteiger partial charge in [0.1, 0.15) is 5.82 Å². The Kier molecular flexibility index (Phi) is 5.59. The average Bonchev–Trinajstić information content (AvgIpc) is 2.28. The Balaban J connectivity index is 2.93. The monoisotopic (exact) mass is 313 g/mol. The van der Waals surface area contributed by atoms with E-state index in [1.54, 1.807) is 19.0 Å². The van der Waals surface area contributed by atoms with E-state index in [9.17, 15) is 4.79 Å². The number of pyridine rings is 1. The molecule has 0 fully saturated rings. The molecule has 0 radical (unpaired) electrons. The van der Waals surface area contributed by atoms with E-state index in [1.807, 2.05) is 24.1 Å². The third kappa shape index (κ3) is 3.98. The van der Waals surface area contributed by atoms with E-state index < -0.39 is 0 Å². The molecule has 0 aliphatic rings. The molecule has 5 heteroatoms. The molecule has 0 N–H and O–H groups in total. The third-order valence-corrected chi connectivity index (χ3v) is 3.16. The molecule has 0 saturated carbocycles. The Bertz CT molecular complexity index is 421. The minimum absolute atomic E-state index is 0.0812. The van der Waals surface area contributed by atoms with Crippen LogP contribution < -0.4 is 4.90 Å². The molecule has 0 atom stereocenters. The first-order valence-electron chi connectivity index (χ1n) is 6.03. The number of anilines is 1. The molecule has 100 valence electrons. The zero-order valence-electron chi connectivity index (χ0n) is 11.4. The zero-order valence-corrected chi connectivity index (χ0v) is 13.0. The van der Waals surface area contributed by atoms with Gasteiger partial charge >= 0.3 is 0 Å². The van der Waals surface area contributed by atoms with Crippen molar-refractivity contribution in [3.05, 3.63) is 22.3 Å². The maximum absolute atomic E-state index is 11.8. The summed E-state index contributed by atoms with van der Waals surface area (Å²) >= 11 is 3.52. The SMILES string of the molecule is CCCN(CC(=O)N(C)C)c1ncc(C)cc1Br. The number of rotatable bonds is 5. The van der Waals surface area contributed by atoms with Crippen LogP contribution in [0.25, 0.3) is 0 Å². The predicted molar refractivity (Wildman–Crippen MR) is 77.9 cm³/mol. The minimum Gasteiger partial charge on any atom is -0.347 e. The van der Waals surface area contributed by atoms with Crippen molar-refractivity contribution >= 4 is 27.7 Å². The number of hydrogen-bond donors (Lipinski definition) is 0. The molecule has 1 heterocycles. The van der Waals surface area contributed by atoms with Crippen molar-refractivity contribution in [2.75, 3.05) is 32.1 Å². The number of aryl methyl sites for hydroxylation is 1. The summed E-state index contributed by atoms with van der Waals surface area (Å²) in [4.78, 5) is 19.8. The lowest BCUT2D eigenvalue weighted by Gasteiger charge is -2.25. The van der Waals surface area contributed by atoms with Gasteiger partial charge in [0, 0.05) is 26.8 Å². The topological polar surface area (TPSA) is 36.4 Å². The van der Waals surface area contributed by atoms with Gasteiger partial charge in [0.2, 0.25) is 5.91 Å². The van der Waals surface area contributed by atoms with Gasteiger partial charge in [0.15, 0.2) is 0 Å². The molecule has 0 unspecified atom stereocenters. The van der Waals surface area contributed by atoms with Gasteiger partial charge in [-0.05, 0) is 40.9 Å². The Morgan fingerprint density at radius 3 is 2.61 bits per heavy atom. The van der Waals surface area contributed by atoms with Gasteiger partial charge in [-0.1, -0.05) is 6.92 Å². The van der Waals surface area contributed by atoms with Gasteiger partial charge in [-0.15, -0.1) is 0 Å². The number of halogens is 1. The summed E-state index contributed by atoms with van der Waals surface area (Å²) in [5, 5.41) is 0. The Labute approximate surface area is 117 Å². The molecule has 0 aromatic carbocycles. The second kappa shape index (κ2) is 6.73. The molecule has 0 spiro atoms. The maximum Gasteiger partial charge on any atom is 0.241 e. The molecule has 18 heavy (non-hydrogen) atoms. The first-order valence-corrected chi connectivity index (χ1v) is 6.82. The first-order chi connectivity index (χ1) is 8.45. The van der Waals surface area contributed by atoms with Crippen LogP contribution in [0.4, 0.5) is 5.82 Å². The summed E-state index contributed by atoms with van der Waals surface area (Å²) in [5.41, 5.74) is 1.10. The van der Waals surface area contributed by atoms with Crippen molar-refractivity contribution in [1.29, 1.82) is 0 Å². The Hall–Kier alpha value is -1.10. The highest BCUT2D eigenvalue weighted by molar-refractivity contribution is 9.10. The molecule has 1 aromatic heterocycles. The lowest BCUT2D eigenvalue weighted by atomic mass is 10.3. The third-order valence-electron chi connectivity index (χ3n) is 2.58. The van der Waals surface area contributed by atoms with E-state index in [2.05, 4.69) is 27.8 Å². The molecular formula is C13H20BrN3O. The standard InChI is InChI=1S/C13H20BrN3O/c1-5-6-17(9-12(18)16(3)4)13-11(14)7-10(2)8-15-13/h7-8H,5-6,9H2,1-4H3. The lowest BCUT2D eigenvalue weighted by molar-refractivity contribution is -0.127. The van der Waals surface area contributed by atoms with Crippen LogP contribution >= 0.6 is 15.9 Å². The van der Waals surface area contributed by atoms with Crippen molar-refractivity contribution in [1.82, 2.24) is 9.88 Å². The molecule has 1 amide bonds. The number of carbonyl (C=O) groups is 1. The van der Waals surface area contributed by atoms with Crippen molar-refractivity contribution in [2.45, 2.75) is 20.3 Å². The largest absolute Gasteiger partial charge is 0.347 e. The van der Waals surface area contributed by atoms with Crippen LogP contribution in [0, 0.1) is 6.92 Å². The van der Waals surface area contributed by atoms with E-state index in [1.165, 1.54) is 0 Å². The molecule has 4 nitrogen and oxygen atoms in total. The summed E-state index contributed by atoms with van der Waals surface area (Å²) in [6.07, 6.45) is 2.80. The predicted octanol–water partition coefficient (Wildman–Crippen LogP) is 2.46. The van der Waals surface area contributed by atoms with Crippen LogP contribution in [-0.4, -0.2) is 43.0 Å². The second-order valence-corrected chi connectivity index (χ2v) is 5.38. The highest BCUT2D eigenvalue weighted by Gasteiger charge is 2.15. The number of aromatic nitrogens is 1. The summed E-state index contributed by atoms with van der Waals surface area (Å²) < 4.78 is 0.933. The fraction of sp³-hybridized carbons (Fsp3) is 0.538. The molecule has 1 aromatic rings. The van der Waals surface area contributed by atoms with E-state index in [0.717, 1.165) is 28.8 Å². The van der Waals surface area contributed by atoms with Gasteiger partial charge in [-0.25, -0.2) is 4.98 Å². The van der Waals surface area contributed by atoms with E-state index >= 15 is 0 Å². The minimum atomic E-state index is 0.0812. The highest BCUT2D eigenvalue weighted by atomic mass is 79.9. The summed E-state index contributed by atoms with van der Waals surface area (Å²) in [5.74, 6) is 0.912. The average molecular weight is 314 g/mol. The molecule has 1 rings (SSSR count). The van der Waals surface area contributed by atoms with Crippen molar-refractivity contribution < 1.29 is 4.79 Å². The molecule has 0 aliphatic heterocycles. The molecular weight excluding hydrogens is 294 g/mol. The summed E-state index contributed by atoms with van der Waals surface area (Å²) in [7, 11) is 3.54. The quantitative estimate of drug-likeness (QED) is 0.838. The highest BCUT2D eigenvalue weighted by Crippen LogP contribution is 2.24. The number of carbonyl (C=O) groups excluding carboxylic acids is 1. The number of hydrogen-bond acceptors (Lipinski definition) is 3. The second-order valence-electron chi connectivity index (χ2n) is 4.53. The normalized spacial score (nSPS) is 10.3. The van der Waals surface area contributed by atoms with Crippen molar-refractivity contribution in [2.24, 2.45) is 0 Å². The molecule has 0 saturated heterocycles. The first kappa shape index (κ1) is 15.0. The molecule has 0 bridgehead atoms. The van der Waals surface area contributed by atoms with Gasteiger partial charge < -0.3 is 9.80 Å². The van der Waals surface area contributed by atoms with E-state index in [-0.39, 0.29) is 5.91 Å². The fourth-order valence-corrected chi connectivity index (χ4v) is 2.31. The fourth-order valence-electron chi connectivity index (χ4n) is 1.59. The van der Waals surface area contributed by atoms with Crippen LogP contribution in [0.3, 0.4) is 0 Å². The van der Waals surface area contributed by atoms with Crippen LogP contribution in [0.2, 0.25) is 0 Å². The van der Waals surface area contributed by atoms with Gasteiger partial charge in [-0.3, -0.25) is 4.79 Å². The van der Waals surface area contributed by atoms with Crippen LogP contribution in [0.5, 0.6) is 0 Å². The van der Waals surface area contributed by atoms with Crippen molar-refractivity contribution in [3.8, 4) is 0 Å². The van der Waals surface area contributed by atoms with Crippen LogP contribution in [0.15, 0.2) is 16.7 Å². The maximum atomic E-state index is 11.8. The summed E-state index contributed by atoms with van der Waals surface area (Å²) in [6, 6.07) is 2.02. The smallest absolute Gasteiger partial charge is 0.241 e. The zero-order chi connectivity index (χ0) is 13.7. The number of likely N-dealkylation sites (N-methyl/N-ethyl adjacent to an activating group) is 1. The molecule has 0 aliphatic carbocycles. The summed E-state index contributed by atoms with van der Waals surface area (Å²) in [6.45, 7) is 5.26. The van der Waals surface area contributed by atoms with Gasteiger partial charge in [0.25, 0.3) is 0 Å². The number of nitrogens with zero attached hydrogens (tertiary/aromatic N) is 3. The Morgan fingerprint density at radius 2 is 2.11 bits per heavy atom. The van der Waals surface area contributed by atoms with Gasteiger partial charge in [-0.2, -0.15) is 0 Å². The Morgan fingerprint density at radius 1 is 1.44 bits per heavy atom. The lowest BCUT2D eigenvalue weighted by Crippen LogP contribution is -2.37. The van der Waals surface area contributed by atoms with Crippen LogP contribution in [0.1, 0.15) is 18.9 Å². The van der Waals surface area contributed by atoms with Crippen LogP contribution in [-0.2, 0) is 4.79 Å².